The van der Waals surface area contributed by atoms with Crippen LogP contribution >= 0.6 is 11.6 Å². The SMILES string of the molecule is O=C(c1cnc(-c2ccncc2)[nH]c1=O)N1CC[C@H](c2ccccc2Cl)C1. The van der Waals surface area contributed by atoms with Gasteiger partial charge in [0.2, 0.25) is 0 Å². The monoisotopic (exact) mass is 380 g/mol. The molecule has 1 aromatic carbocycles. The zero-order valence-electron chi connectivity index (χ0n) is 14.4. The van der Waals surface area contributed by atoms with Gasteiger partial charge in [-0.2, -0.15) is 0 Å². The Morgan fingerprint density at radius 1 is 1.19 bits per heavy atom. The Balaban J connectivity index is 1.54. The number of benzene rings is 1. The summed E-state index contributed by atoms with van der Waals surface area (Å²) in [6.45, 7) is 1.12. The first-order chi connectivity index (χ1) is 13.1. The zero-order chi connectivity index (χ0) is 18.8. The minimum atomic E-state index is -0.442. The fraction of sp³-hybridized carbons (Fsp3) is 0.200. The molecule has 1 aliphatic heterocycles. The van der Waals surface area contributed by atoms with Gasteiger partial charge in [-0.1, -0.05) is 29.8 Å². The maximum atomic E-state index is 12.8. The molecule has 7 heteroatoms. The number of hydrogen-bond donors (Lipinski definition) is 1. The van der Waals surface area contributed by atoms with Crippen LogP contribution in [0, 0.1) is 0 Å². The Kier molecular flexibility index (Phi) is 4.73. The van der Waals surface area contributed by atoms with Crippen LogP contribution in [0.5, 0.6) is 0 Å². The molecule has 3 aromatic rings. The smallest absolute Gasteiger partial charge is 0.264 e. The fourth-order valence-corrected chi connectivity index (χ4v) is 3.67. The normalized spacial score (nSPS) is 16.5. The number of aromatic amines is 1. The van der Waals surface area contributed by atoms with Gasteiger partial charge in [-0.05, 0) is 30.2 Å². The highest BCUT2D eigenvalue weighted by atomic mass is 35.5. The standard InChI is InChI=1S/C20H17ClN4O2/c21-17-4-2-1-3-15(17)14-7-10-25(12-14)20(27)16-11-23-18(24-19(16)26)13-5-8-22-9-6-13/h1-6,8-9,11,14H,7,10,12H2,(H,23,24,26)/t14-/m0/s1. The zero-order valence-corrected chi connectivity index (χ0v) is 15.2. The molecule has 1 fully saturated rings. The highest BCUT2D eigenvalue weighted by Gasteiger charge is 2.30. The van der Waals surface area contributed by atoms with Crippen LogP contribution in [0.3, 0.4) is 0 Å². The predicted molar refractivity (Wildman–Crippen MR) is 103 cm³/mol. The Hall–Kier alpha value is -2.99. The highest BCUT2D eigenvalue weighted by molar-refractivity contribution is 6.31. The number of pyridine rings is 1. The largest absolute Gasteiger partial charge is 0.338 e. The Bertz CT molecular complexity index is 1040. The molecule has 1 N–H and O–H groups in total. The maximum Gasteiger partial charge on any atom is 0.264 e. The molecule has 1 amide bonds. The summed E-state index contributed by atoms with van der Waals surface area (Å²) < 4.78 is 0. The number of nitrogens with zero attached hydrogens (tertiary/aromatic N) is 3. The molecule has 2 aromatic heterocycles. The van der Waals surface area contributed by atoms with Crippen LogP contribution < -0.4 is 5.56 Å². The topological polar surface area (TPSA) is 79.0 Å². The van der Waals surface area contributed by atoms with Crippen molar-refractivity contribution in [2.24, 2.45) is 0 Å². The van der Waals surface area contributed by atoms with Gasteiger partial charge in [-0.15, -0.1) is 0 Å². The quantitative estimate of drug-likeness (QED) is 0.757. The molecular formula is C20H17ClN4O2. The van der Waals surface area contributed by atoms with Gasteiger partial charge in [0, 0.05) is 48.2 Å². The number of H-pyrrole nitrogens is 1. The lowest BCUT2D eigenvalue weighted by molar-refractivity contribution is 0.0788. The van der Waals surface area contributed by atoms with Crippen LogP contribution in [-0.4, -0.2) is 38.8 Å². The number of aromatic nitrogens is 3. The molecule has 0 aliphatic carbocycles. The first kappa shape index (κ1) is 17.4. The van der Waals surface area contributed by atoms with Crippen molar-refractivity contribution in [1.29, 1.82) is 0 Å². The van der Waals surface area contributed by atoms with E-state index in [0.29, 0.717) is 23.9 Å². The number of carbonyl (C=O) groups excluding carboxylic acids is 1. The van der Waals surface area contributed by atoms with E-state index in [1.165, 1.54) is 6.20 Å². The third-order valence-corrected chi connectivity index (χ3v) is 5.15. The molecule has 4 rings (SSSR count). The van der Waals surface area contributed by atoms with Crippen LogP contribution in [0.15, 0.2) is 59.8 Å². The number of halogens is 1. The summed E-state index contributed by atoms with van der Waals surface area (Å²) in [5.41, 5.74) is 1.38. The van der Waals surface area contributed by atoms with Crippen LogP contribution in [0.4, 0.5) is 0 Å². The van der Waals surface area contributed by atoms with E-state index in [9.17, 15) is 9.59 Å². The van der Waals surface area contributed by atoms with Gasteiger partial charge in [-0.25, -0.2) is 4.98 Å². The van der Waals surface area contributed by atoms with Crippen molar-refractivity contribution in [1.82, 2.24) is 19.9 Å². The van der Waals surface area contributed by atoms with Gasteiger partial charge < -0.3 is 9.88 Å². The van der Waals surface area contributed by atoms with Gasteiger partial charge >= 0.3 is 0 Å². The highest BCUT2D eigenvalue weighted by Crippen LogP contribution is 2.32. The first-order valence-corrected chi connectivity index (χ1v) is 9.04. The lowest BCUT2D eigenvalue weighted by atomic mass is 9.98. The number of carbonyl (C=O) groups is 1. The summed E-state index contributed by atoms with van der Waals surface area (Å²) in [5.74, 6) is 0.277. The van der Waals surface area contributed by atoms with Crippen molar-refractivity contribution >= 4 is 17.5 Å². The van der Waals surface area contributed by atoms with Crippen molar-refractivity contribution in [3.05, 3.63) is 81.5 Å². The second kappa shape index (κ2) is 7.32. The Morgan fingerprint density at radius 3 is 2.70 bits per heavy atom. The van der Waals surface area contributed by atoms with E-state index in [1.54, 1.807) is 29.4 Å². The molecule has 136 valence electrons. The average molecular weight is 381 g/mol. The molecule has 0 radical (unpaired) electrons. The van der Waals surface area contributed by atoms with Crippen molar-refractivity contribution in [2.75, 3.05) is 13.1 Å². The second-order valence-corrected chi connectivity index (χ2v) is 6.88. The molecule has 27 heavy (non-hydrogen) atoms. The number of amides is 1. The Labute approximate surface area is 160 Å². The lowest BCUT2D eigenvalue weighted by Crippen LogP contribution is -2.33. The van der Waals surface area contributed by atoms with Gasteiger partial charge in [0.25, 0.3) is 11.5 Å². The lowest BCUT2D eigenvalue weighted by Gasteiger charge is -2.17. The van der Waals surface area contributed by atoms with Gasteiger partial charge in [0.05, 0.1) is 0 Å². The summed E-state index contributed by atoms with van der Waals surface area (Å²) in [5, 5.41) is 0.706. The summed E-state index contributed by atoms with van der Waals surface area (Å²) in [6.07, 6.45) is 5.40. The van der Waals surface area contributed by atoms with Crippen LogP contribution in [0.25, 0.3) is 11.4 Å². The molecule has 0 bridgehead atoms. The van der Waals surface area contributed by atoms with Crippen LogP contribution in [-0.2, 0) is 0 Å². The number of nitrogens with one attached hydrogen (secondary N) is 1. The van der Waals surface area contributed by atoms with Crippen LogP contribution in [0.2, 0.25) is 5.02 Å². The van der Waals surface area contributed by atoms with E-state index < -0.39 is 5.56 Å². The van der Waals surface area contributed by atoms with Gasteiger partial charge in [-0.3, -0.25) is 14.6 Å². The summed E-state index contributed by atoms with van der Waals surface area (Å²) in [4.78, 5) is 37.8. The minimum absolute atomic E-state index is 0.0487. The van der Waals surface area contributed by atoms with E-state index in [0.717, 1.165) is 17.5 Å². The predicted octanol–water partition coefficient (Wildman–Crippen LogP) is 3.12. The van der Waals surface area contributed by atoms with E-state index in [2.05, 4.69) is 15.0 Å². The average Bonchev–Trinajstić information content (AvgIpc) is 3.18. The van der Waals surface area contributed by atoms with Gasteiger partial charge in [0.1, 0.15) is 11.4 Å². The summed E-state index contributed by atoms with van der Waals surface area (Å²) in [7, 11) is 0. The van der Waals surface area contributed by atoms with E-state index in [-0.39, 0.29) is 17.4 Å². The van der Waals surface area contributed by atoms with Gasteiger partial charge in [0.15, 0.2) is 0 Å². The molecule has 1 aliphatic rings. The third-order valence-electron chi connectivity index (χ3n) is 4.80. The van der Waals surface area contributed by atoms with E-state index in [1.807, 2.05) is 24.3 Å². The van der Waals surface area contributed by atoms with Crippen molar-refractivity contribution < 1.29 is 4.79 Å². The Morgan fingerprint density at radius 2 is 1.96 bits per heavy atom. The molecule has 0 unspecified atom stereocenters. The molecule has 0 spiro atoms. The molecule has 6 nitrogen and oxygen atoms in total. The fourth-order valence-electron chi connectivity index (χ4n) is 3.38. The summed E-state index contributed by atoms with van der Waals surface area (Å²) in [6, 6.07) is 11.2. The maximum absolute atomic E-state index is 12.8. The number of hydrogen-bond acceptors (Lipinski definition) is 4. The van der Waals surface area contributed by atoms with E-state index in [4.69, 9.17) is 11.6 Å². The molecule has 1 atom stereocenters. The molecular weight excluding hydrogens is 364 g/mol. The number of likely N-dealkylation sites (tertiary alicyclic amines) is 1. The van der Waals surface area contributed by atoms with Crippen molar-refractivity contribution in [2.45, 2.75) is 12.3 Å². The second-order valence-electron chi connectivity index (χ2n) is 6.47. The first-order valence-electron chi connectivity index (χ1n) is 8.67. The van der Waals surface area contributed by atoms with Crippen LogP contribution in [0.1, 0.15) is 28.3 Å². The summed E-state index contributed by atoms with van der Waals surface area (Å²) >= 11 is 6.28. The van der Waals surface area contributed by atoms with Crippen molar-refractivity contribution in [3.8, 4) is 11.4 Å². The third kappa shape index (κ3) is 3.48. The van der Waals surface area contributed by atoms with E-state index >= 15 is 0 Å². The molecule has 0 saturated carbocycles. The van der Waals surface area contributed by atoms with Crippen molar-refractivity contribution in [3.63, 3.8) is 0 Å². The molecule has 1 saturated heterocycles. The minimum Gasteiger partial charge on any atom is -0.338 e. The number of rotatable bonds is 3. The molecule has 3 heterocycles.